The molecule has 16 heavy (non-hydrogen) atoms. The van der Waals surface area contributed by atoms with Crippen molar-refractivity contribution < 1.29 is 9.53 Å². The zero-order valence-electron chi connectivity index (χ0n) is 10.6. The standard InChI is InChI=1S/C12H24N2O2/c1-12(2,3)16-11(15)8-14-10-6-4-9(13)5-7-10/h9-10,14H,4-8,13H2,1-3H3/t9-,10-. The molecule has 0 aromatic heterocycles. The van der Waals surface area contributed by atoms with Crippen LogP contribution in [0.15, 0.2) is 0 Å². The van der Waals surface area contributed by atoms with Crippen LogP contribution in [0.25, 0.3) is 0 Å². The fourth-order valence-electron chi connectivity index (χ4n) is 1.93. The average molecular weight is 228 g/mol. The van der Waals surface area contributed by atoms with Gasteiger partial charge in [-0.25, -0.2) is 0 Å². The molecule has 1 saturated carbocycles. The second kappa shape index (κ2) is 5.64. The lowest BCUT2D eigenvalue weighted by molar-refractivity contribution is -0.153. The van der Waals surface area contributed by atoms with Crippen LogP contribution in [0, 0.1) is 0 Å². The molecular formula is C12H24N2O2. The zero-order valence-corrected chi connectivity index (χ0v) is 10.6. The number of nitrogens with one attached hydrogen (secondary N) is 1. The van der Waals surface area contributed by atoms with Crippen LogP contribution >= 0.6 is 0 Å². The van der Waals surface area contributed by atoms with E-state index in [2.05, 4.69) is 5.32 Å². The molecule has 1 aliphatic carbocycles. The van der Waals surface area contributed by atoms with Crippen LogP contribution in [0.1, 0.15) is 46.5 Å². The van der Waals surface area contributed by atoms with Crippen molar-refractivity contribution in [2.45, 2.75) is 64.1 Å². The van der Waals surface area contributed by atoms with Gasteiger partial charge in [-0.15, -0.1) is 0 Å². The second-order valence-corrected chi connectivity index (χ2v) is 5.58. The van der Waals surface area contributed by atoms with Crippen molar-refractivity contribution in [1.82, 2.24) is 5.32 Å². The van der Waals surface area contributed by atoms with Crippen molar-refractivity contribution in [3.05, 3.63) is 0 Å². The molecule has 0 atom stereocenters. The number of carbonyl (C=O) groups is 1. The summed E-state index contributed by atoms with van der Waals surface area (Å²) in [4.78, 5) is 11.5. The molecule has 0 aliphatic heterocycles. The summed E-state index contributed by atoms with van der Waals surface area (Å²) in [6.45, 7) is 5.94. The van der Waals surface area contributed by atoms with E-state index in [-0.39, 0.29) is 5.97 Å². The van der Waals surface area contributed by atoms with E-state index >= 15 is 0 Å². The first-order chi connectivity index (χ1) is 7.37. The van der Waals surface area contributed by atoms with E-state index in [1.165, 1.54) is 0 Å². The van der Waals surface area contributed by atoms with E-state index in [0.717, 1.165) is 25.7 Å². The Labute approximate surface area is 97.9 Å². The van der Waals surface area contributed by atoms with E-state index in [1.807, 2.05) is 20.8 Å². The lowest BCUT2D eigenvalue weighted by atomic mass is 9.92. The van der Waals surface area contributed by atoms with Gasteiger partial charge in [-0.2, -0.15) is 0 Å². The molecule has 0 radical (unpaired) electrons. The number of hydrogen-bond acceptors (Lipinski definition) is 4. The Kier molecular flexibility index (Phi) is 4.74. The van der Waals surface area contributed by atoms with Crippen molar-refractivity contribution in [2.24, 2.45) is 5.73 Å². The third kappa shape index (κ3) is 5.47. The van der Waals surface area contributed by atoms with Crippen molar-refractivity contribution in [3.8, 4) is 0 Å². The summed E-state index contributed by atoms with van der Waals surface area (Å²) in [6, 6.07) is 0.770. The normalized spacial score (nSPS) is 26.5. The van der Waals surface area contributed by atoms with Gasteiger partial charge in [0.15, 0.2) is 0 Å². The molecule has 1 rings (SSSR count). The number of esters is 1. The number of nitrogens with two attached hydrogens (primary N) is 1. The monoisotopic (exact) mass is 228 g/mol. The Morgan fingerprint density at radius 3 is 2.38 bits per heavy atom. The first-order valence-corrected chi connectivity index (χ1v) is 6.07. The van der Waals surface area contributed by atoms with Gasteiger partial charge in [0.2, 0.25) is 0 Å². The molecule has 0 amide bonds. The highest BCUT2D eigenvalue weighted by Gasteiger charge is 2.20. The quantitative estimate of drug-likeness (QED) is 0.712. The van der Waals surface area contributed by atoms with Crippen molar-refractivity contribution in [1.29, 1.82) is 0 Å². The molecule has 0 bridgehead atoms. The smallest absolute Gasteiger partial charge is 0.320 e. The fourth-order valence-corrected chi connectivity index (χ4v) is 1.93. The molecule has 0 heterocycles. The zero-order chi connectivity index (χ0) is 12.2. The average Bonchev–Trinajstić information content (AvgIpc) is 2.14. The number of rotatable bonds is 3. The molecular weight excluding hydrogens is 204 g/mol. The summed E-state index contributed by atoms with van der Waals surface area (Å²) in [6.07, 6.45) is 4.21. The molecule has 0 aromatic rings. The molecule has 4 heteroatoms. The fraction of sp³-hybridized carbons (Fsp3) is 0.917. The molecule has 3 N–H and O–H groups in total. The lowest BCUT2D eigenvalue weighted by Gasteiger charge is -2.27. The Balaban J connectivity index is 2.17. The van der Waals surface area contributed by atoms with Gasteiger partial charge in [-0.1, -0.05) is 0 Å². The minimum Gasteiger partial charge on any atom is -0.459 e. The van der Waals surface area contributed by atoms with Gasteiger partial charge in [0, 0.05) is 12.1 Å². The van der Waals surface area contributed by atoms with Crippen molar-refractivity contribution in [2.75, 3.05) is 6.54 Å². The van der Waals surface area contributed by atoms with Gasteiger partial charge in [-0.05, 0) is 46.5 Å². The minimum absolute atomic E-state index is 0.178. The maximum absolute atomic E-state index is 11.5. The molecule has 0 unspecified atom stereocenters. The van der Waals surface area contributed by atoms with Gasteiger partial charge < -0.3 is 15.8 Å². The topological polar surface area (TPSA) is 64.3 Å². The SMILES string of the molecule is CC(C)(C)OC(=O)CN[C@H]1CC[C@H](N)CC1. The summed E-state index contributed by atoms with van der Waals surface area (Å²) >= 11 is 0. The van der Waals surface area contributed by atoms with Crippen LogP contribution < -0.4 is 11.1 Å². The first kappa shape index (κ1) is 13.5. The minimum atomic E-state index is -0.395. The number of ether oxygens (including phenoxy) is 1. The maximum atomic E-state index is 11.5. The van der Waals surface area contributed by atoms with Crippen LogP contribution in [0.4, 0.5) is 0 Å². The Morgan fingerprint density at radius 1 is 1.31 bits per heavy atom. The van der Waals surface area contributed by atoms with Crippen LogP contribution in [-0.2, 0) is 9.53 Å². The van der Waals surface area contributed by atoms with Crippen LogP contribution in [0.3, 0.4) is 0 Å². The van der Waals surface area contributed by atoms with Gasteiger partial charge in [-0.3, -0.25) is 4.79 Å². The van der Waals surface area contributed by atoms with E-state index in [4.69, 9.17) is 10.5 Å². The van der Waals surface area contributed by atoms with E-state index in [1.54, 1.807) is 0 Å². The van der Waals surface area contributed by atoms with E-state index in [9.17, 15) is 4.79 Å². The van der Waals surface area contributed by atoms with Crippen molar-refractivity contribution >= 4 is 5.97 Å². The highest BCUT2D eigenvalue weighted by Crippen LogP contribution is 2.16. The molecule has 1 fully saturated rings. The molecule has 0 aromatic carbocycles. The highest BCUT2D eigenvalue weighted by molar-refractivity contribution is 5.72. The molecule has 94 valence electrons. The van der Waals surface area contributed by atoms with Gasteiger partial charge >= 0.3 is 5.97 Å². The molecule has 0 spiro atoms. The molecule has 0 saturated heterocycles. The third-order valence-electron chi connectivity index (χ3n) is 2.73. The first-order valence-electron chi connectivity index (χ1n) is 6.07. The largest absolute Gasteiger partial charge is 0.459 e. The third-order valence-corrected chi connectivity index (χ3v) is 2.73. The Bertz CT molecular complexity index is 228. The Hall–Kier alpha value is -0.610. The predicted molar refractivity (Wildman–Crippen MR) is 64.1 cm³/mol. The maximum Gasteiger partial charge on any atom is 0.320 e. The number of hydrogen-bond donors (Lipinski definition) is 2. The van der Waals surface area contributed by atoms with Crippen molar-refractivity contribution in [3.63, 3.8) is 0 Å². The van der Waals surface area contributed by atoms with Crippen LogP contribution in [0.2, 0.25) is 0 Å². The predicted octanol–water partition coefficient (Wildman–Crippen LogP) is 1.19. The van der Waals surface area contributed by atoms with Gasteiger partial charge in [0.25, 0.3) is 0 Å². The van der Waals surface area contributed by atoms with E-state index in [0.29, 0.717) is 18.6 Å². The van der Waals surface area contributed by atoms with E-state index < -0.39 is 5.60 Å². The van der Waals surface area contributed by atoms with Gasteiger partial charge in [0.1, 0.15) is 5.60 Å². The second-order valence-electron chi connectivity index (χ2n) is 5.58. The summed E-state index contributed by atoms with van der Waals surface area (Å²) in [7, 11) is 0. The lowest BCUT2D eigenvalue weighted by Crippen LogP contribution is -2.41. The Morgan fingerprint density at radius 2 is 1.88 bits per heavy atom. The van der Waals surface area contributed by atoms with Crippen LogP contribution in [0.5, 0.6) is 0 Å². The highest BCUT2D eigenvalue weighted by atomic mass is 16.6. The summed E-state index contributed by atoms with van der Waals surface area (Å²) in [5.74, 6) is -0.178. The summed E-state index contributed by atoms with van der Waals surface area (Å²) in [5, 5.41) is 3.23. The molecule has 4 nitrogen and oxygen atoms in total. The summed E-state index contributed by atoms with van der Waals surface area (Å²) in [5.41, 5.74) is 5.42. The summed E-state index contributed by atoms with van der Waals surface area (Å²) < 4.78 is 5.22. The van der Waals surface area contributed by atoms with Crippen LogP contribution in [-0.4, -0.2) is 30.2 Å². The molecule has 1 aliphatic rings. The van der Waals surface area contributed by atoms with Gasteiger partial charge in [0.05, 0.1) is 6.54 Å². The number of carbonyl (C=O) groups excluding carboxylic acids is 1.